The molecule has 8 heteroatoms. The Hall–Kier alpha value is -3.65. The van der Waals surface area contributed by atoms with Crippen LogP contribution in [0.15, 0.2) is 76.5 Å². The molecule has 0 spiro atoms. The molecule has 0 aromatic heterocycles. The van der Waals surface area contributed by atoms with Crippen molar-refractivity contribution in [3.63, 3.8) is 0 Å². The number of hydrogen-bond donors (Lipinski definition) is 1. The molecule has 0 saturated carbocycles. The Morgan fingerprint density at radius 1 is 1.03 bits per heavy atom. The van der Waals surface area contributed by atoms with Crippen LogP contribution in [0.25, 0.3) is 0 Å². The number of fused-ring (bicyclic) bond motifs is 2. The number of para-hydroxylation sites is 1. The van der Waals surface area contributed by atoms with Gasteiger partial charge in [-0.15, -0.1) is 0 Å². The summed E-state index contributed by atoms with van der Waals surface area (Å²) in [5, 5.41) is 2.61. The molecule has 6 nitrogen and oxygen atoms in total. The molecule has 1 heterocycles. The molecule has 174 valence electrons. The Morgan fingerprint density at radius 2 is 1.76 bits per heavy atom. The van der Waals surface area contributed by atoms with Gasteiger partial charge in [0.25, 0.3) is 5.91 Å². The summed E-state index contributed by atoms with van der Waals surface area (Å²) in [5.41, 5.74) is 1.17. The van der Waals surface area contributed by atoms with Crippen LogP contribution in [0.5, 0.6) is 0 Å². The number of ether oxygens (including phenoxy) is 1. The summed E-state index contributed by atoms with van der Waals surface area (Å²) in [5.74, 6) is -2.00. The second-order valence-corrected chi connectivity index (χ2v) is 8.65. The predicted octanol–water partition coefficient (Wildman–Crippen LogP) is 5.53. The highest BCUT2D eigenvalue weighted by atomic mass is 32.2. The Bertz CT molecular complexity index is 1260. The second-order valence-electron chi connectivity index (χ2n) is 7.57. The normalized spacial score (nSPS) is 13.4. The van der Waals surface area contributed by atoms with Gasteiger partial charge in [-0.2, -0.15) is 0 Å². The number of halogens is 1. The van der Waals surface area contributed by atoms with Crippen LogP contribution in [0.1, 0.15) is 41.0 Å². The first-order chi connectivity index (χ1) is 16.4. The number of rotatable bonds is 6. The van der Waals surface area contributed by atoms with Crippen LogP contribution in [0.3, 0.4) is 0 Å². The minimum Gasteiger partial charge on any atom is -0.462 e. The van der Waals surface area contributed by atoms with Gasteiger partial charge >= 0.3 is 5.97 Å². The maximum Gasteiger partial charge on any atom is 0.338 e. The highest BCUT2D eigenvalue weighted by molar-refractivity contribution is 7.99. The van der Waals surface area contributed by atoms with Crippen molar-refractivity contribution in [1.29, 1.82) is 0 Å². The number of nitrogens with one attached hydrogen (secondary N) is 1. The van der Waals surface area contributed by atoms with Gasteiger partial charge in [-0.25, -0.2) is 9.18 Å². The predicted molar refractivity (Wildman–Crippen MR) is 129 cm³/mol. The molecule has 34 heavy (non-hydrogen) atoms. The standard InChI is InChI=1S/C26H23FN2O4S/c1-3-20(24(30)28-19-11-7-6-10-18(19)27)29-21-15-16(26(32)33-4-2)13-14-23(21)34-22-12-8-5-9-17(22)25(29)31/h5-15,20H,3-4H2,1-2H3,(H,28,30)/t20-/m1/s1. The SMILES string of the molecule is CCOC(=O)c1ccc2c(c1)N([C@H](CC)C(=O)Nc1ccccc1F)C(=O)c1ccccc1S2. The first kappa shape index (κ1) is 23.5. The largest absolute Gasteiger partial charge is 0.462 e. The summed E-state index contributed by atoms with van der Waals surface area (Å²) in [4.78, 5) is 42.4. The maximum absolute atomic E-state index is 14.2. The van der Waals surface area contributed by atoms with E-state index in [4.69, 9.17) is 4.74 Å². The molecule has 3 aromatic rings. The Balaban J connectivity index is 1.82. The van der Waals surface area contributed by atoms with E-state index in [1.54, 1.807) is 50.2 Å². The van der Waals surface area contributed by atoms with E-state index in [0.29, 0.717) is 16.1 Å². The lowest BCUT2D eigenvalue weighted by molar-refractivity contribution is -0.117. The van der Waals surface area contributed by atoms with Crippen molar-refractivity contribution in [2.45, 2.75) is 36.1 Å². The van der Waals surface area contributed by atoms with E-state index in [0.717, 1.165) is 4.90 Å². The van der Waals surface area contributed by atoms with Crippen molar-refractivity contribution < 1.29 is 23.5 Å². The third-order valence-electron chi connectivity index (χ3n) is 5.42. The van der Waals surface area contributed by atoms with E-state index in [2.05, 4.69) is 5.32 Å². The summed E-state index contributed by atoms with van der Waals surface area (Å²) in [7, 11) is 0. The van der Waals surface area contributed by atoms with Gasteiger partial charge in [0.05, 0.1) is 29.1 Å². The fourth-order valence-corrected chi connectivity index (χ4v) is 4.84. The van der Waals surface area contributed by atoms with Crippen LogP contribution >= 0.6 is 11.8 Å². The zero-order valence-corrected chi connectivity index (χ0v) is 19.5. The van der Waals surface area contributed by atoms with Gasteiger partial charge in [0, 0.05) is 9.79 Å². The van der Waals surface area contributed by atoms with Crippen LogP contribution in [-0.2, 0) is 9.53 Å². The summed E-state index contributed by atoms with van der Waals surface area (Å²) in [6.07, 6.45) is 0.266. The van der Waals surface area contributed by atoms with Crippen molar-refractivity contribution in [3.05, 3.63) is 83.7 Å². The number of carbonyl (C=O) groups excluding carboxylic acids is 3. The summed E-state index contributed by atoms with van der Waals surface area (Å²) in [6, 6.07) is 17.0. The Labute approximate surface area is 201 Å². The minimum atomic E-state index is -0.949. The van der Waals surface area contributed by atoms with E-state index < -0.39 is 23.7 Å². The number of carbonyl (C=O) groups is 3. The number of benzene rings is 3. The lowest BCUT2D eigenvalue weighted by Crippen LogP contribution is -2.47. The van der Waals surface area contributed by atoms with Gasteiger partial charge in [-0.3, -0.25) is 14.5 Å². The molecule has 1 aliphatic heterocycles. The van der Waals surface area contributed by atoms with E-state index >= 15 is 0 Å². The highest BCUT2D eigenvalue weighted by Gasteiger charge is 2.36. The number of amides is 2. The monoisotopic (exact) mass is 478 g/mol. The lowest BCUT2D eigenvalue weighted by atomic mass is 10.1. The summed E-state index contributed by atoms with van der Waals surface area (Å²) < 4.78 is 19.3. The molecule has 1 aliphatic rings. The van der Waals surface area contributed by atoms with Gasteiger partial charge in [-0.1, -0.05) is 43.0 Å². The van der Waals surface area contributed by atoms with Crippen molar-refractivity contribution in [2.24, 2.45) is 0 Å². The fourth-order valence-electron chi connectivity index (χ4n) is 3.80. The smallest absolute Gasteiger partial charge is 0.338 e. The molecule has 1 N–H and O–H groups in total. The third-order valence-corrected chi connectivity index (χ3v) is 6.56. The molecule has 0 radical (unpaired) electrons. The fraction of sp³-hybridized carbons (Fsp3) is 0.192. The van der Waals surface area contributed by atoms with Crippen molar-refractivity contribution in [1.82, 2.24) is 0 Å². The molecule has 0 aliphatic carbocycles. The van der Waals surface area contributed by atoms with Gasteiger partial charge < -0.3 is 10.1 Å². The summed E-state index contributed by atoms with van der Waals surface area (Å²) >= 11 is 1.38. The molecule has 2 amide bonds. The molecule has 3 aromatic carbocycles. The zero-order valence-electron chi connectivity index (χ0n) is 18.7. The van der Waals surface area contributed by atoms with Gasteiger partial charge in [0.1, 0.15) is 11.9 Å². The maximum atomic E-state index is 14.2. The highest BCUT2D eigenvalue weighted by Crippen LogP contribution is 2.43. The minimum absolute atomic E-state index is 0.0310. The zero-order chi connectivity index (χ0) is 24.2. The summed E-state index contributed by atoms with van der Waals surface area (Å²) in [6.45, 7) is 3.70. The first-order valence-corrected chi connectivity index (χ1v) is 11.7. The van der Waals surface area contributed by atoms with E-state index in [1.165, 1.54) is 34.9 Å². The number of esters is 1. The molecule has 1 atom stereocenters. The second kappa shape index (κ2) is 10.1. The molecule has 0 saturated heterocycles. The quantitative estimate of drug-likeness (QED) is 0.472. The number of hydrogen-bond acceptors (Lipinski definition) is 5. The first-order valence-electron chi connectivity index (χ1n) is 10.9. The van der Waals surface area contributed by atoms with Gasteiger partial charge in [-0.05, 0) is 55.8 Å². The van der Waals surface area contributed by atoms with Crippen molar-refractivity contribution in [3.8, 4) is 0 Å². The van der Waals surface area contributed by atoms with E-state index in [9.17, 15) is 18.8 Å². The van der Waals surface area contributed by atoms with E-state index in [1.807, 2.05) is 12.1 Å². The van der Waals surface area contributed by atoms with E-state index in [-0.39, 0.29) is 30.2 Å². The lowest BCUT2D eigenvalue weighted by Gasteiger charge is -2.30. The molecule has 0 bridgehead atoms. The van der Waals surface area contributed by atoms with Crippen LogP contribution in [0, 0.1) is 5.82 Å². The molecular weight excluding hydrogens is 455 g/mol. The van der Waals surface area contributed by atoms with Gasteiger partial charge in [0.2, 0.25) is 5.91 Å². The average molecular weight is 479 g/mol. The Morgan fingerprint density at radius 3 is 2.50 bits per heavy atom. The Kier molecular flexibility index (Phi) is 6.98. The molecular formula is C26H23FN2O4S. The van der Waals surface area contributed by atoms with Gasteiger partial charge in [0.15, 0.2) is 0 Å². The topological polar surface area (TPSA) is 75.7 Å². The molecule has 0 fully saturated rings. The van der Waals surface area contributed by atoms with Crippen LogP contribution in [0.4, 0.5) is 15.8 Å². The molecule has 0 unspecified atom stereocenters. The average Bonchev–Trinajstić information content (AvgIpc) is 2.95. The number of anilines is 2. The van der Waals surface area contributed by atoms with Crippen LogP contribution in [-0.4, -0.2) is 30.4 Å². The van der Waals surface area contributed by atoms with Crippen molar-refractivity contribution >= 4 is 40.9 Å². The van der Waals surface area contributed by atoms with Crippen LogP contribution in [0.2, 0.25) is 0 Å². The molecule has 4 rings (SSSR count). The number of nitrogens with zero attached hydrogens (tertiary/aromatic N) is 1. The third kappa shape index (κ3) is 4.54. The van der Waals surface area contributed by atoms with Crippen LogP contribution < -0.4 is 10.2 Å². The van der Waals surface area contributed by atoms with Crippen molar-refractivity contribution in [2.75, 3.05) is 16.8 Å².